The van der Waals surface area contributed by atoms with Gasteiger partial charge in [-0.1, -0.05) is 22.9 Å². The van der Waals surface area contributed by atoms with Gasteiger partial charge in [-0.25, -0.2) is 0 Å². The van der Waals surface area contributed by atoms with Gasteiger partial charge >= 0.3 is 0 Å². The Bertz CT molecular complexity index is 376. The van der Waals surface area contributed by atoms with Crippen molar-refractivity contribution < 1.29 is 9.53 Å². The van der Waals surface area contributed by atoms with Gasteiger partial charge in [-0.3, -0.25) is 4.79 Å². The van der Waals surface area contributed by atoms with E-state index in [2.05, 4.69) is 15.9 Å². The van der Waals surface area contributed by atoms with Gasteiger partial charge in [0.25, 0.3) is 0 Å². The number of rotatable bonds is 4. The van der Waals surface area contributed by atoms with Crippen LogP contribution in [0.3, 0.4) is 0 Å². The van der Waals surface area contributed by atoms with Crippen LogP contribution in [-0.4, -0.2) is 11.9 Å². The molecule has 2 nitrogen and oxygen atoms in total. The van der Waals surface area contributed by atoms with E-state index in [1.165, 1.54) is 0 Å². The zero-order valence-electron chi connectivity index (χ0n) is 10.1. The summed E-state index contributed by atoms with van der Waals surface area (Å²) in [6, 6.07) is 3.88. The maximum Gasteiger partial charge on any atom is 0.172 e. The second kappa shape index (κ2) is 5.48. The maximum atomic E-state index is 11.4. The minimum Gasteiger partial charge on any atom is -0.483 e. The second-order valence-corrected chi connectivity index (χ2v) is 4.74. The molecule has 0 fully saturated rings. The van der Waals surface area contributed by atoms with Crippen LogP contribution in [0.25, 0.3) is 0 Å². The summed E-state index contributed by atoms with van der Waals surface area (Å²) < 4.78 is 6.71. The molecule has 1 rings (SSSR count). The van der Waals surface area contributed by atoms with E-state index < -0.39 is 0 Å². The number of aryl methyl sites for hydroxylation is 2. The summed E-state index contributed by atoms with van der Waals surface area (Å²) in [4.78, 5) is 11.4. The monoisotopic (exact) mass is 284 g/mol. The third-order valence-corrected chi connectivity index (χ3v) is 3.78. The van der Waals surface area contributed by atoms with Crippen LogP contribution in [0, 0.1) is 13.8 Å². The topological polar surface area (TPSA) is 26.3 Å². The van der Waals surface area contributed by atoms with Crippen molar-refractivity contribution in [1.29, 1.82) is 0 Å². The SMILES string of the molecule is CCC(=O)C(C)Oc1cc(C)c(Br)c(C)c1. The van der Waals surface area contributed by atoms with E-state index >= 15 is 0 Å². The van der Waals surface area contributed by atoms with Crippen molar-refractivity contribution in [2.75, 3.05) is 0 Å². The van der Waals surface area contributed by atoms with Crippen molar-refractivity contribution in [3.05, 3.63) is 27.7 Å². The Labute approximate surface area is 105 Å². The Balaban J connectivity index is 2.86. The number of carbonyl (C=O) groups is 1. The fourth-order valence-corrected chi connectivity index (χ4v) is 1.76. The largest absolute Gasteiger partial charge is 0.483 e. The summed E-state index contributed by atoms with van der Waals surface area (Å²) in [6.07, 6.45) is 0.139. The molecule has 0 N–H and O–H groups in total. The number of Topliss-reactive ketones (excluding diaryl/α,β-unsaturated/α-hetero) is 1. The summed E-state index contributed by atoms with van der Waals surface area (Å²) in [5.41, 5.74) is 2.23. The van der Waals surface area contributed by atoms with Gasteiger partial charge in [-0.15, -0.1) is 0 Å². The van der Waals surface area contributed by atoms with Crippen molar-refractivity contribution in [3.63, 3.8) is 0 Å². The summed E-state index contributed by atoms with van der Waals surface area (Å²) in [7, 11) is 0. The van der Waals surface area contributed by atoms with E-state index in [4.69, 9.17) is 4.74 Å². The van der Waals surface area contributed by atoms with Gasteiger partial charge < -0.3 is 4.74 Å². The van der Waals surface area contributed by atoms with Gasteiger partial charge in [-0.2, -0.15) is 0 Å². The van der Waals surface area contributed by atoms with Crippen LogP contribution in [0.15, 0.2) is 16.6 Å². The van der Waals surface area contributed by atoms with E-state index in [1.54, 1.807) is 6.92 Å². The molecular weight excluding hydrogens is 268 g/mol. The molecular formula is C13H17BrO2. The second-order valence-electron chi connectivity index (χ2n) is 3.95. The number of hydrogen-bond donors (Lipinski definition) is 0. The fourth-order valence-electron chi connectivity index (χ4n) is 1.53. The zero-order chi connectivity index (χ0) is 12.3. The molecule has 3 heteroatoms. The van der Waals surface area contributed by atoms with E-state index in [-0.39, 0.29) is 11.9 Å². The minimum atomic E-state index is -0.370. The van der Waals surface area contributed by atoms with E-state index in [0.29, 0.717) is 6.42 Å². The molecule has 0 bridgehead atoms. The maximum absolute atomic E-state index is 11.4. The lowest BCUT2D eigenvalue weighted by atomic mass is 10.1. The fraction of sp³-hybridized carbons (Fsp3) is 0.462. The van der Waals surface area contributed by atoms with Crippen molar-refractivity contribution in [3.8, 4) is 5.75 Å². The minimum absolute atomic E-state index is 0.123. The molecule has 1 atom stereocenters. The van der Waals surface area contributed by atoms with Crippen molar-refractivity contribution in [2.24, 2.45) is 0 Å². The predicted octanol–water partition coefficient (Wildman–Crippen LogP) is 3.81. The Morgan fingerprint density at radius 1 is 1.38 bits per heavy atom. The molecule has 0 amide bonds. The molecule has 0 saturated carbocycles. The third kappa shape index (κ3) is 3.08. The molecule has 0 saturated heterocycles. The normalized spacial score (nSPS) is 12.3. The van der Waals surface area contributed by atoms with E-state index in [1.807, 2.05) is 32.9 Å². The average molecular weight is 285 g/mol. The standard InChI is InChI=1S/C13H17BrO2/c1-5-12(15)10(4)16-11-6-8(2)13(14)9(3)7-11/h6-7,10H,5H2,1-4H3. The van der Waals surface area contributed by atoms with E-state index in [9.17, 15) is 4.79 Å². The average Bonchev–Trinajstić information content (AvgIpc) is 2.24. The van der Waals surface area contributed by atoms with Gasteiger partial charge in [-0.05, 0) is 44.0 Å². The lowest BCUT2D eigenvalue weighted by molar-refractivity contribution is -0.124. The number of benzene rings is 1. The molecule has 1 aromatic carbocycles. The molecule has 0 spiro atoms. The summed E-state index contributed by atoms with van der Waals surface area (Å²) in [6.45, 7) is 7.66. The molecule has 0 heterocycles. The number of carbonyl (C=O) groups excluding carboxylic acids is 1. The highest BCUT2D eigenvalue weighted by atomic mass is 79.9. The number of hydrogen-bond acceptors (Lipinski definition) is 2. The highest BCUT2D eigenvalue weighted by molar-refractivity contribution is 9.10. The van der Waals surface area contributed by atoms with Gasteiger partial charge in [0.05, 0.1) is 0 Å². The molecule has 0 aliphatic heterocycles. The number of ether oxygens (including phenoxy) is 1. The van der Waals surface area contributed by atoms with Gasteiger partial charge in [0.15, 0.2) is 11.9 Å². The van der Waals surface area contributed by atoms with Crippen LogP contribution in [-0.2, 0) is 4.79 Å². The first kappa shape index (κ1) is 13.2. The molecule has 1 unspecified atom stereocenters. The quantitative estimate of drug-likeness (QED) is 0.840. The lowest BCUT2D eigenvalue weighted by Crippen LogP contribution is -2.22. The molecule has 0 radical (unpaired) electrons. The van der Waals surface area contributed by atoms with E-state index in [0.717, 1.165) is 21.3 Å². The molecule has 16 heavy (non-hydrogen) atoms. The Morgan fingerprint density at radius 3 is 2.31 bits per heavy atom. The summed E-state index contributed by atoms with van der Waals surface area (Å²) in [5.74, 6) is 0.880. The van der Waals surface area contributed by atoms with Crippen LogP contribution < -0.4 is 4.74 Å². The third-order valence-electron chi connectivity index (χ3n) is 2.52. The van der Waals surface area contributed by atoms with Crippen LogP contribution in [0.5, 0.6) is 5.75 Å². The zero-order valence-corrected chi connectivity index (χ0v) is 11.7. The Morgan fingerprint density at radius 2 is 1.88 bits per heavy atom. The van der Waals surface area contributed by atoms with Crippen molar-refractivity contribution in [2.45, 2.75) is 40.2 Å². The first-order valence-corrected chi connectivity index (χ1v) is 6.21. The molecule has 0 aliphatic rings. The summed E-state index contributed by atoms with van der Waals surface area (Å²) >= 11 is 3.50. The first-order chi connectivity index (χ1) is 7.45. The Kier molecular flexibility index (Phi) is 4.54. The van der Waals surface area contributed by atoms with Crippen molar-refractivity contribution >= 4 is 21.7 Å². The molecule has 88 valence electrons. The van der Waals surface area contributed by atoms with Gasteiger partial charge in [0, 0.05) is 10.9 Å². The van der Waals surface area contributed by atoms with Crippen LogP contribution >= 0.6 is 15.9 Å². The van der Waals surface area contributed by atoms with Crippen molar-refractivity contribution in [1.82, 2.24) is 0 Å². The highest BCUT2D eigenvalue weighted by Gasteiger charge is 2.13. The van der Waals surface area contributed by atoms with Gasteiger partial charge in [0.1, 0.15) is 5.75 Å². The van der Waals surface area contributed by atoms with Crippen LogP contribution in [0.1, 0.15) is 31.4 Å². The smallest absolute Gasteiger partial charge is 0.172 e. The summed E-state index contributed by atoms with van der Waals surface area (Å²) in [5, 5.41) is 0. The lowest BCUT2D eigenvalue weighted by Gasteiger charge is -2.14. The number of ketones is 1. The Hall–Kier alpha value is -0.830. The first-order valence-electron chi connectivity index (χ1n) is 5.41. The van der Waals surface area contributed by atoms with Crippen LogP contribution in [0.4, 0.5) is 0 Å². The number of halogens is 1. The highest BCUT2D eigenvalue weighted by Crippen LogP contribution is 2.26. The van der Waals surface area contributed by atoms with Crippen LogP contribution in [0.2, 0.25) is 0 Å². The predicted molar refractivity (Wildman–Crippen MR) is 69.0 cm³/mol. The van der Waals surface area contributed by atoms with Gasteiger partial charge in [0.2, 0.25) is 0 Å². The molecule has 0 aliphatic carbocycles. The molecule has 1 aromatic rings. The molecule has 0 aromatic heterocycles.